The van der Waals surface area contributed by atoms with Crippen LogP contribution in [0.25, 0.3) is 5.57 Å². The maximum atomic E-state index is 12.8. The molecule has 0 saturated carbocycles. The van der Waals surface area contributed by atoms with E-state index in [4.69, 9.17) is 4.74 Å². The third kappa shape index (κ3) is 4.42. The van der Waals surface area contributed by atoms with Crippen molar-refractivity contribution in [3.05, 3.63) is 54.1 Å². The van der Waals surface area contributed by atoms with Crippen molar-refractivity contribution in [2.75, 3.05) is 26.2 Å². The highest BCUT2D eigenvalue weighted by Gasteiger charge is 2.13. The molecule has 2 aromatic rings. The van der Waals surface area contributed by atoms with Gasteiger partial charge in [0.05, 0.1) is 12.8 Å². The Morgan fingerprint density at radius 2 is 2.09 bits per heavy atom. The maximum Gasteiger partial charge on any atom is 0.123 e. The number of hydrogen-bond donors (Lipinski definition) is 0. The second-order valence-corrected chi connectivity index (χ2v) is 5.84. The molecule has 0 saturated heterocycles. The number of ether oxygens (including phenoxy) is 1. The third-order valence-corrected chi connectivity index (χ3v) is 4.07. The van der Waals surface area contributed by atoms with Crippen molar-refractivity contribution in [1.29, 1.82) is 0 Å². The highest BCUT2D eigenvalue weighted by Crippen LogP contribution is 2.21. The molecule has 4 nitrogen and oxygen atoms in total. The van der Waals surface area contributed by atoms with Crippen LogP contribution in [0.1, 0.15) is 18.4 Å². The lowest BCUT2D eigenvalue weighted by atomic mass is 10.0. The molecule has 1 aromatic heterocycles. The van der Waals surface area contributed by atoms with Crippen molar-refractivity contribution >= 4 is 5.57 Å². The second kappa shape index (κ2) is 7.42. The highest BCUT2D eigenvalue weighted by atomic mass is 19.1. The van der Waals surface area contributed by atoms with Gasteiger partial charge in [-0.15, -0.1) is 0 Å². The number of benzene rings is 1. The molecule has 0 spiro atoms. The normalized spacial score (nSPS) is 15.5. The van der Waals surface area contributed by atoms with E-state index < -0.39 is 0 Å². The largest absolute Gasteiger partial charge is 0.494 e. The first-order valence-electron chi connectivity index (χ1n) is 7.99. The topological polar surface area (TPSA) is 30.3 Å². The molecular formula is C18H22FN3O. The fraction of sp³-hybridized carbons (Fsp3) is 0.389. The summed E-state index contributed by atoms with van der Waals surface area (Å²) in [6.45, 7) is 3.71. The lowest BCUT2D eigenvalue weighted by Gasteiger charge is -2.25. The van der Waals surface area contributed by atoms with E-state index in [1.54, 1.807) is 12.1 Å². The van der Waals surface area contributed by atoms with Crippen LogP contribution in [0.3, 0.4) is 0 Å². The Morgan fingerprint density at radius 1 is 1.26 bits per heavy atom. The molecule has 3 rings (SSSR count). The molecule has 0 N–H and O–H groups in total. The van der Waals surface area contributed by atoms with Crippen molar-refractivity contribution < 1.29 is 9.13 Å². The first-order valence-corrected chi connectivity index (χ1v) is 7.99. The van der Waals surface area contributed by atoms with Crippen molar-refractivity contribution in [2.24, 2.45) is 7.05 Å². The van der Waals surface area contributed by atoms with Crippen LogP contribution in [0.5, 0.6) is 5.75 Å². The molecule has 0 atom stereocenters. The zero-order chi connectivity index (χ0) is 16.1. The predicted octanol–water partition coefficient (Wildman–Crippen LogP) is 3.12. The van der Waals surface area contributed by atoms with Gasteiger partial charge >= 0.3 is 0 Å². The van der Waals surface area contributed by atoms with E-state index in [1.807, 2.05) is 17.9 Å². The number of aromatic nitrogens is 2. The Bertz CT molecular complexity index is 663. The molecule has 2 heterocycles. The van der Waals surface area contributed by atoms with Crippen LogP contribution >= 0.6 is 0 Å². The van der Waals surface area contributed by atoms with Gasteiger partial charge in [0, 0.05) is 38.4 Å². The molecule has 0 radical (unpaired) electrons. The Kier molecular flexibility index (Phi) is 5.08. The lowest BCUT2D eigenvalue weighted by molar-refractivity contribution is 0.248. The van der Waals surface area contributed by atoms with E-state index in [0.29, 0.717) is 6.61 Å². The monoisotopic (exact) mass is 315 g/mol. The zero-order valence-corrected chi connectivity index (χ0v) is 13.4. The maximum absolute atomic E-state index is 12.8. The SMILES string of the molecule is Cn1cc(C2=CCN(CCCOc3ccc(F)cc3)CC2)cn1. The summed E-state index contributed by atoms with van der Waals surface area (Å²) in [6, 6.07) is 6.17. The van der Waals surface area contributed by atoms with E-state index in [9.17, 15) is 4.39 Å². The molecule has 1 aliphatic heterocycles. The molecule has 0 aliphatic carbocycles. The summed E-state index contributed by atoms with van der Waals surface area (Å²) >= 11 is 0. The smallest absolute Gasteiger partial charge is 0.123 e. The number of rotatable bonds is 6. The van der Waals surface area contributed by atoms with Crippen LogP contribution in [0.2, 0.25) is 0 Å². The number of aryl methyl sites for hydroxylation is 1. The summed E-state index contributed by atoms with van der Waals surface area (Å²) < 4.78 is 20.3. The zero-order valence-electron chi connectivity index (χ0n) is 13.4. The molecular weight excluding hydrogens is 293 g/mol. The Hall–Kier alpha value is -2.14. The highest BCUT2D eigenvalue weighted by molar-refractivity contribution is 5.65. The van der Waals surface area contributed by atoms with E-state index in [2.05, 4.69) is 22.3 Å². The lowest BCUT2D eigenvalue weighted by Crippen LogP contribution is -2.30. The molecule has 1 aliphatic rings. The van der Waals surface area contributed by atoms with Gasteiger partial charge < -0.3 is 4.74 Å². The number of hydrogen-bond acceptors (Lipinski definition) is 3. The van der Waals surface area contributed by atoms with E-state index >= 15 is 0 Å². The fourth-order valence-corrected chi connectivity index (χ4v) is 2.77. The van der Waals surface area contributed by atoms with E-state index in [-0.39, 0.29) is 5.82 Å². The first kappa shape index (κ1) is 15.7. The minimum atomic E-state index is -0.234. The van der Waals surface area contributed by atoms with Gasteiger partial charge in [-0.2, -0.15) is 5.10 Å². The second-order valence-electron chi connectivity index (χ2n) is 5.84. The van der Waals surface area contributed by atoms with Crippen molar-refractivity contribution in [3.63, 3.8) is 0 Å². The number of nitrogens with zero attached hydrogens (tertiary/aromatic N) is 3. The van der Waals surface area contributed by atoms with Gasteiger partial charge in [-0.05, 0) is 42.7 Å². The van der Waals surface area contributed by atoms with E-state index in [1.165, 1.54) is 23.3 Å². The van der Waals surface area contributed by atoms with Gasteiger partial charge in [0.2, 0.25) is 0 Å². The fourth-order valence-electron chi connectivity index (χ4n) is 2.77. The molecule has 0 bridgehead atoms. The Morgan fingerprint density at radius 3 is 2.74 bits per heavy atom. The predicted molar refractivity (Wildman–Crippen MR) is 88.8 cm³/mol. The Labute approximate surface area is 136 Å². The van der Waals surface area contributed by atoms with Crippen molar-refractivity contribution in [2.45, 2.75) is 12.8 Å². The molecule has 23 heavy (non-hydrogen) atoms. The van der Waals surface area contributed by atoms with E-state index in [0.717, 1.165) is 38.2 Å². The average molecular weight is 315 g/mol. The van der Waals surface area contributed by atoms with Gasteiger partial charge in [-0.3, -0.25) is 9.58 Å². The van der Waals surface area contributed by atoms with Crippen LogP contribution in [-0.4, -0.2) is 40.9 Å². The Balaban J connectivity index is 1.39. The van der Waals surface area contributed by atoms with Crippen LogP contribution in [0, 0.1) is 5.82 Å². The summed E-state index contributed by atoms with van der Waals surface area (Å²) in [6.07, 6.45) is 8.31. The van der Waals surface area contributed by atoms with Gasteiger partial charge in [0.1, 0.15) is 11.6 Å². The van der Waals surface area contributed by atoms with Gasteiger partial charge in [-0.1, -0.05) is 6.08 Å². The standard InChI is InChI=1S/C18H22FN3O/c1-21-14-16(13-20-21)15-7-10-22(11-8-15)9-2-12-23-18-5-3-17(19)4-6-18/h3-7,13-14H,2,8-12H2,1H3. The minimum Gasteiger partial charge on any atom is -0.494 e. The summed E-state index contributed by atoms with van der Waals surface area (Å²) in [7, 11) is 1.94. The summed E-state index contributed by atoms with van der Waals surface area (Å²) in [4.78, 5) is 2.42. The van der Waals surface area contributed by atoms with Crippen molar-refractivity contribution in [3.8, 4) is 5.75 Å². The van der Waals surface area contributed by atoms with Crippen LogP contribution in [-0.2, 0) is 7.05 Å². The van der Waals surface area contributed by atoms with Gasteiger partial charge in [-0.25, -0.2) is 4.39 Å². The summed E-state index contributed by atoms with van der Waals surface area (Å²) in [5.74, 6) is 0.491. The summed E-state index contributed by atoms with van der Waals surface area (Å²) in [5.41, 5.74) is 2.61. The van der Waals surface area contributed by atoms with Crippen LogP contribution in [0.15, 0.2) is 42.7 Å². The third-order valence-electron chi connectivity index (χ3n) is 4.07. The average Bonchev–Trinajstić information content (AvgIpc) is 3.00. The minimum absolute atomic E-state index is 0.234. The first-order chi connectivity index (χ1) is 11.2. The number of halogens is 1. The van der Waals surface area contributed by atoms with Crippen molar-refractivity contribution in [1.82, 2.24) is 14.7 Å². The quantitative estimate of drug-likeness (QED) is 0.767. The van der Waals surface area contributed by atoms with Gasteiger partial charge in [0.15, 0.2) is 0 Å². The molecule has 0 fully saturated rings. The molecule has 0 unspecified atom stereocenters. The van der Waals surface area contributed by atoms with Crippen LogP contribution < -0.4 is 4.74 Å². The molecule has 0 amide bonds. The van der Waals surface area contributed by atoms with Crippen LogP contribution in [0.4, 0.5) is 4.39 Å². The molecule has 1 aromatic carbocycles. The molecule has 122 valence electrons. The van der Waals surface area contributed by atoms with Gasteiger partial charge in [0.25, 0.3) is 0 Å². The summed E-state index contributed by atoms with van der Waals surface area (Å²) in [5, 5.41) is 4.23. The molecule has 5 heteroatoms.